The quantitative estimate of drug-likeness (QED) is 0.349. The lowest BCUT2D eigenvalue weighted by Gasteiger charge is -2.45. The Bertz CT molecular complexity index is 1230. The molecule has 35 heavy (non-hydrogen) atoms. The number of hydrogen-bond acceptors (Lipinski definition) is 8. The number of benzene rings is 1. The highest BCUT2D eigenvalue weighted by Crippen LogP contribution is 2.51. The predicted molar refractivity (Wildman–Crippen MR) is 122 cm³/mol. The normalized spacial score (nSPS) is 26.4. The van der Waals surface area contributed by atoms with Crippen LogP contribution in [0, 0.1) is 23.1 Å². The zero-order valence-corrected chi connectivity index (χ0v) is 19.7. The summed E-state index contributed by atoms with van der Waals surface area (Å²) in [5, 5.41) is 46.4. The minimum absolute atomic E-state index is 0.0150. The van der Waals surface area contributed by atoms with Gasteiger partial charge in [-0.15, -0.1) is 0 Å². The van der Waals surface area contributed by atoms with E-state index in [4.69, 9.17) is 5.73 Å². The van der Waals surface area contributed by atoms with Crippen LogP contribution in [0.15, 0.2) is 28.7 Å². The fourth-order valence-corrected chi connectivity index (χ4v) is 5.40. The number of rotatable bonds is 4. The molecule has 1 aromatic carbocycles. The first-order valence-electron chi connectivity index (χ1n) is 11.4. The van der Waals surface area contributed by atoms with Gasteiger partial charge in [-0.25, -0.2) is 4.39 Å². The zero-order valence-electron chi connectivity index (χ0n) is 19.7. The van der Waals surface area contributed by atoms with Crippen LogP contribution in [-0.2, 0) is 22.6 Å². The number of ketones is 2. The molecule has 0 aliphatic heterocycles. The van der Waals surface area contributed by atoms with Crippen LogP contribution in [0.5, 0.6) is 5.75 Å². The van der Waals surface area contributed by atoms with Crippen molar-refractivity contribution in [2.24, 2.45) is 23.0 Å². The number of halogens is 1. The van der Waals surface area contributed by atoms with E-state index in [1.54, 1.807) is 0 Å². The van der Waals surface area contributed by atoms with E-state index >= 15 is 4.39 Å². The topological polar surface area (TPSA) is 170 Å². The predicted octanol–water partition coefficient (Wildman–Crippen LogP) is 1.86. The Morgan fingerprint density at radius 2 is 1.89 bits per heavy atom. The first kappa shape index (κ1) is 24.9. The summed E-state index contributed by atoms with van der Waals surface area (Å²) in [5.74, 6) is -7.98. The Kier molecular flexibility index (Phi) is 5.80. The number of carbonyl (C=O) groups is 3. The second-order valence-electron chi connectivity index (χ2n) is 10.8. The van der Waals surface area contributed by atoms with Gasteiger partial charge in [0, 0.05) is 42.1 Å². The molecule has 1 amide bonds. The SMILES string of the molecule is CC(C)(C)CNCc1cc(F)c2c(c1O)C(=O)C1=C(O)[C@]3(O)C(=O)C(C(N)=O)=C(O)C[C@@H]3CC1C2. The van der Waals surface area contributed by atoms with Crippen LogP contribution in [0.1, 0.15) is 55.1 Å². The van der Waals surface area contributed by atoms with Gasteiger partial charge in [-0.3, -0.25) is 14.4 Å². The second kappa shape index (κ2) is 8.17. The van der Waals surface area contributed by atoms with E-state index in [0.717, 1.165) is 0 Å². The van der Waals surface area contributed by atoms with Gasteiger partial charge < -0.3 is 31.5 Å². The van der Waals surface area contributed by atoms with Gasteiger partial charge >= 0.3 is 0 Å². The van der Waals surface area contributed by atoms with Gasteiger partial charge in [0.05, 0.1) is 5.56 Å². The van der Waals surface area contributed by atoms with Crippen molar-refractivity contribution in [1.82, 2.24) is 5.32 Å². The number of nitrogens with one attached hydrogen (secondary N) is 1. The Morgan fingerprint density at radius 1 is 1.23 bits per heavy atom. The van der Waals surface area contributed by atoms with Gasteiger partial charge in [-0.05, 0) is 30.2 Å². The number of aliphatic hydroxyl groups excluding tert-OH is 2. The molecule has 0 saturated carbocycles. The molecular weight excluding hydrogens is 459 g/mol. The summed E-state index contributed by atoms with van der Waals surface area (Å²) in [6.07, 6.45) is -0.441. The third-order valence-electron chi connectivity index (χ3n) is 7.06. The first-order valence-corrected chi connectivity index (χ1v) is 11.4. The summed E-state index contributed by atoms with van der Waals surface area (Å²) in [7, 11) is 0. The van der Waals surface area contributed by atoms with Gasteiger partial charge in [-0.2, -0.15) is 0 Å². The fourth-order valence-electron chi connectivity index (χ4n) is 5.40. The van der Waals surface area contributed by atoms with Crippen LogP contribution in [-0.4, -0.2) is 50.0 Å². The number of fused-ring (bicyclic) bond motifs is 3. The smallest absolute Gasteiger partial charge is 0.255 e. The lowest BCUT2D eigenvalue weighted by Crippen LogP contribution is -2.57. The maximum absolute atomic E-state index is 15.1. The molecule has 0 heterocycles. The number of Topliss-reactive ketones (excluding diaryl/α,β-unsaturated/α-hetero) is 2. The standard InChI is InChI=1S/C25H29FN2O7/c1-24(2,3)9-28-8-11-6-14(26)13-5-10-4-12-7-15(29)18(23(27)34)22(33)25(12,35)21(32)16(10)20(31)17(13)19(11)30/h6,10,12,28-30,32,35H,4-5,7-9H2,1-3H3,(H2,27,34)/t10?,12-,25-/m0/s1. The summed E-state index contributed by atoms with van der Waals surface area (Å²) >= 11 is 0. The molecule has 188 valence electrons. The van der Waals surface area contributed by atoms with E-state index in [1.165, 1.54) is 6.07 Å². The van der Waals surface area contributed by atoms with Gasteiger partial charge in [0.15, 0.2) is 11.4 Å². The number of aliphatic hydroxyl groups is 3. The van der Waals surface area contributed by atoms with Crippen LogP contribution in [0.4, 0.5) is 4.39 Å². The van der Waals surface area contributed by atoms with Crippen molar-refractivity contribution in [3.63, 3.8) is 0 Å². The largest absolute Gasteiger partial charge is 0.511 e. The minimum atomic E-state index is -2.64. The molecule has 1 unspecified atom stereocenters. The van der Waals surface area contributed by atoms with E-state index in [-0.39, 0.29) is 53.5 Å². The van der Waals surface area contributed by atoms with Crippen LogP contribution in [0.2, 0.25) is 0 Å². The van der Waals surface area contributed by atoms with Crippen molar-refractivity contribution < 1.29 is 39.2 Å². The average Bonchev–Trinajstić information content (AvgIpc) is 2.73. The Hall–Kier alpha value is -3.24. The maximum Gasteiger partial charge on any atom is 0.255 e. The van der Waals surface area contributed by atoms with E-state index < -0.39 is 63.6 Å². The van der Waals surface area contributed by atoms with E-state index in [9.17, 15) is 34.8 Å². The molecule has 0 bridgehead atoms. The molecule has 7 N–H and O–H groups in total. The lowest BCUT2D eigenvalue weighted by atomic mass is 9.60. The summed E-state index contributed by atoms with van der Waals surface area (Å²) in [4.78, 5) is 38.1. The van der Waals surface area contributed by atoms with Crippen LogP contribution in [0.25, 0.3) is 0 Å². The lowest BCUT2D eigenvalue weighted by molar-refractivity contribution is -0.144. The average molecular weight is 489 g/mol. The number of amides is 1. The van der Waals surface area contributed by atoms with E-state index in [2.05, 4.69) is 5.32 Å². The molecule has 0 fully saturated rings. The van der Waals surface area contributed by atoms with Crippen molar-refractivity contribution in [2.75, 3.05) is 6.54 Å². The second-order valence-corrected chi connectivity index (χ2v) is 10.8. The summed E-state index contributed by atoms with van der Waals surface area (Å²) in [6, 6.07) is 1.17. The molecule has 0 spiro atoms. The number of carbonyl (C=O) groups excluding carboxylic acids is 3. The number of primary amides is 1. The van der Waals surface area contributed by atoms with Crippen molar-refractivity contribution in [3.8, 4) is 5.75 Å². The molecule has 3 aliphatic rings. The highest BCUT2D eigenvalue weighted by Gasteiger charge is 2.59. The molecule has 4 rings (SSSR count). The fraction of sp³-hybridized carbons (Fsp3) is 0.480. The number of nitrogens with two attached hydrogens (primary N) is 1. The third-order valence-corrected chi connectivity index (χ3v) is 7.06. The molecule has 3 aliphatic carbocycles. The van der Waals surface area contributed by atoms with Gasteiger partial charge in [0.1, 0.15) is 28.7 Å². The monoisotopic (exact) mass is 488 g/mol. The number of phenols is 1. The van der Waals surface area contributed by atoms with Gasteiger partial charge in [-0.1, -0.05) is 20.8 Å². The Morgan fingerprint density at radius 3 is 2.49 bits per heavy atom. The van der Waals surface area contributed by atoms with Gasteiger partial charge in [0.2, 0.25) is 5.78 Å². The van der Waals surface area contributed by atoms with E-state index in [0.29, 0.717) is 6.54 Å². The summed E-state index contributed by atoms with van der Waals surface area (Å²) < 4.78 is 15.1. The highest BCUT2D eigenvalue weighted by atomic mass is 19.1. The third kappa shape index (κ3) is 3.81. The molecule has 1 aromatic rings. The molecule has 9 nitrogen and oxygen atoms in total. The van der Waals surface area contributed by atoms with E-state index in [1.807, 2.05) is 20.8 Å². The number of phenolic OH excluding ortho intramolecular Hbond substituents is 1. The Balaban J connectivity index is 1.79. The highest BCUT2D eigenvalue weighted by molar-refractivity contribution is 6.24. The molecule has 0 saturated heterocycles. The van der Waals surface area contributed by atoms with Crippen molar-refractivity contribution in [1.29, 1.82) is 0 Å². The molecule has 0 aromatic heterocycles. The van der Waals surface area contributed by atoms with Crippen LogP contribution >= 0.6 is 0 Å². The molecule has 0 radical (unpaired) electrons. The number of allylic oxidation sites excluding steroid dienone is 2. The van der Waals surface area contributed by atoms with Crippen molar-refractivity contribution in [3.05, 3.63) is 51.2 Å². The number of hydrogen-bond donors (Lipinski definition) is 6. The number of aromatic hydroxyl groups is 1. The van der Waals surface area contributed by atoms with Crippen molar-refractivity contribution >= 4 is 17.5 Å². The van der Waals surface area contributed by atoms with Crippen LogP contribution in [0.3, 0.4) is 0 Å². The maximum atomic E-state index is 15.1. The van der Waals surface area contributed by atoms with Crippen LogP contribution < -0.4 is 11.1 Å². The minimum Gasteiger partial charge on any atom is -0.511 e. The first-order chi connectivity index (χ1) is 16.2. The Labute approximate surface area is 201 Å². The molecular formula is C25H29FN2O7. The summed E-state index contributed by atoms with van der Waals surface area (Å²) in [5.41, 5.74) is 1.13. The zero-order chi connectivity index (χ0) is 26.0. The molecule has 10 heteroatoms. The van der Waals surface area contributed by atoms with Crippen molar-refractivity contribution in [2.45, 2.75) is 52.2 Å². The van der Waals surface area contributed by atoms with Gasteiger partial charge in [0.25, 0.3) is 5.91 Å². The molecule has 3 atom stereocenters. The summed E-state index contributed by atoms with van der Waals surface area (Å²) in [6.45, 7) is 6.65.